The molecule has 2 aliphatic carbocycles. The molecule has 1 fully saturated rings. The Morgan fingerprint density at radius 3 is 2.40 bits per heavy atom. The van der Waals surface area contributed by atoms with E-state index in [1.165, 1.54) is 47.5 Å². The first kappa shape index (κ1) is 21.9. The van der Waals surface area contributed by atoms with E-state index in [2.05, 4.69) is 110 Å². The minimum Gasteiger partial charge on any atom is -0.341 e. The maximum absolute atomic E-state index is 2.73. The topological polar surface area (TPSA) is 6.48 Å². The van der Waals surface area contributed by atoms with Crippen molar-refractivity contribution in [3.05, 3.63) is 87.9 Å². The summed E-state index contributed by atoms with van der Waals surface area (Å²) in [6.45, 7) is 10.4. The fourth-order valence-electron chi connectivity index (χ4n) is 7.29. The van der Waals surface area contributed by atoms with Crippen molar-refractivity contribution in [2.24, 2.45) is 11.8 Å². The molecule has 2 nitrogen and oxygen atoms in total. The van der Waals surface area contributed by atoms with Crippen molar-refractivity contribution >= 4 is 28.8 Å². The van der Waals surface area contributed by atoms with Crippen molar-refractivity contribution in [3.8, 4) is 0 Å². The van der Waals surface area contributed by atoms with Crippen LogP contribution in [0.25, 0.3) is 0 Å². The molecule has 0 spiro atoms. The highest BCUT2D eigenvalue weighted by Crippen LogP contribution is 2.59. The molecular weight excluding hydrogens is 444 g/mol. The van der Waals surface area contributed by atoms with E-state index in [0.29, 0.717) is 23.9 Å². The Morgan fingerprint density at radius 1 is 0.914 bits per heavy atom. The maximum Gasteiger partial charge on any atom is 0.129 e. The Bertz CT molecular complexity index is 1260. The molecule has 2 aromatic carbocycles. The van der Waals surface area contributed by atoms with E-state index in [1.54, 1.807) is 16.1 Å². The summed E-state index contributed by atoms with van der Waals surface area (Å²) in [5.41, 5.74) is 10.4. The summed E-state index contributed by atoms with van der Waals surface area (Å²) in [7, 11) is 0. The molecule has 0 amide bonds. The number of anilines is 3. The van der Waals surface area contributed by atoms with Gasteiger partial charge < -0.3 is 9.80 Å². The third-order valence-corrected chi connectivity index (χ3v) is 10.5. The van der Waals surface area contributed by atoms with E-state index in [1.807, 2.05) is 0 Å². The quantitative estimate of drug-likeness (QED) is 0.407. The molecule has 0 saturated carbocycles. The van der Waals surface area contributed by atoms with Gasteiger partial charge in [-0.15, -0.1) is 11.8 Å². The molecular formula is C32H36N2S. The van der Waals surface area contributed by atoms with E-state index in [4.69, 9.17) is 0 Å². The lowest BCUT2D eigenvalue weighted by Gasteiger charge is -2.36. The summed E-state index contributed by atoms with van der Waals surface area (Å²) >= 11 is 2.19. The SMILES string of the molecule is CC(C)c1cccc(C(C)C)c1N1c2ccccc2N2CC3=C(CC4C(=C3)SC3CCC=CC34)C21. The molecule has 3 aliphatic heterocycles. The Hall–Kier alpha value is -2.39. The average molecular weight is 481 g/mol. The molecule has 3 heterocycles. The van der Waals surface area contributed by atoms with Crippen LogP contribution in [0, 0.1) is 11.8 Å². The van der Waals surface area contributed by atoms with Crippen molar-refractivity contribution < 1.29 is 0 Å². The third-order valence-electron chi connectivity index (χ3n) is 8.92. The molecule has 5 aliphatic rings. The first-order valence-electron chi connectivity index (χ1n) is 13.6. The Labute approximate surface area is 214 Å². The predicted molar refractivity (Wildman–Crippen MR) is 151 cm³/mol. The van der Waals surface area contributed by atoms with Gasteiger partial charge in [0.15, 0.2) is 0 Å². The fourth-order valence-corrected chi connectivity index (χ4v) is 8.95. The van der Waals surface area contributed by atoms with Crippen molar-refractivity contribution in [1.29, 1.82) is 0 Å². The lowest BCUT2D eigenvalue weighted by atomic mass is 9.77. The van der Waals surface area contributed by atoms with E-state index in [0.717, 1.165) is 17.7 Å². The highest BCUT2D eigenvalue weighted by Gasteiger charge is 2.50. The van der Waals surface area contributed by atoms with E-state index >= 15 is 0 Å². The van der Waals surface area contributed by atoms with Gasteiger partial charge in [-0.25, -0.2) is 0 Å². The van der Waals surface area contributed by atoms with E-state index in [9.17, 15) is 0 Å². The van der Waals surface area contributed by atoms with Crippen LogP contribution < -0.4 is 9.80 Å². The van der Waals surface area contributed by atoms with Gasteiger partial charge >= 0.3 is 0 Å². The van der Waals surface area contributed by atoms with Crippen molar-refractivity contribution in [1.82, 2.24) is 0 Å². The van der Waals surface area contributed by atoms with Crippen LogP contribution in [0.4, 0.5) is 17.1 Å². The van der Waals surface area contributed by atoms with Crippen LogP contribution in [0.15, 0.2) is 76.7 Å². The summed E-state index contributed by atoms with van der Waals surface area (Å²) < 4.78 is 0. The summed E-state index contributed by atoms with van der Waals surface area (Å²) in [4.78, 5) is 7.09. The molecule has 35 heavy (non-hydrogen) atoms. The standard InChI is InChI=1S/C32H36N2S/c1-19(2)22-11-9-12-23(20(3)4)31(22)34-28-14-7-6-13-27(28)33-18-21-16-30-26(17-25(21)32(33)34)24-10-5-8-15-29(24)35-30/h5-7,9-14,16,19-20,24,26,29,32H,8,15,17-18H2,1-4H3. The fraction of sp³-hybridized carbons (Fsp3) is 0.438. The van der Waals surface area contributed by atoms with Crippen molar-refractivity contribution in [2.75, 3.05) is 16.3 Å². The second kappa shape index (κ2) is 8.06. The largest absolute Gasteiger partial charge is 0.341 e. The summed E-state index contributed by atoms with van der Waals surface area (Å²) in [5.74, 6) is 2.36. The van der Waals surface area contributed by atoms with Crippen molar-refractivity contribution in [2.45, 2.75) is 70.2 Å². The number of thioether (sulfide) groups is 1. The highest BCUT2D eigenvalue weighted by atomic mass is 32.2. The van der Waals surface area contributed by atoms with Crippen LogP contribution in [0.2, 0.25) is 0 Å². The van der Waals surface area contributed by atoms with Crippen LogP contribution in [0.1, 0.15) is 69.9 Å². The molecule has 0 N–H and O–H groups in total. The van der Waals surface area contributed by atoms with Gasteiger partial charge in [-0.2, -0.15) is 0 Å². The number of fused-ring (bicyclic) bond motifs is 7. The highest BCUT2D eigenvalue weighted by molar-refractivity contribution is 8.04. The normalized spacial score (nSPS) is 28.3. The molecule has 7 rings (SSSR count). The Balaban J connectivity index is 1.38. The van der Waals surface area contributed by atoms with Gasteiger partial charge in [-0.3, -0.25) is 0 Å². The molecule has 180 valence electrons. The zero-order chi connectivity index (χ0) is 23.8. The first-order valence-corrected chi connectivity index (χ1v) is 14.5. The maximum atomic E-state index is 2.73. The van der Waals surface area contributed by atoms with Crippen LogP contribution in [0.3, 0.4) is 0 Å². The summed E-state index contributed by atoms with van der Waals surface area (Å²) in [6.07, 6.45) is 11.7. The molecule has 0 aromatic heterocycles. The van der Waals surface area contributed by atoms with E-state index < -0.39 is 0 Å². The van der Waals surface area contributed by atoms with Crippen LogP contribution in [-0.4, -0.2) is 18.0 Å². The molecule has 3 heteroatoms. The molecule has 0 radical (unpaired) electrons. The van der Waals surface area contributed by atoms with Crippen LogP contribution >= 0.6 is 11.8 Å². The number of nitrogens with zero attached hydrogens (tertiary/aromatic N) is 2. The third kappa shape index (κ3) is 3.16. The number of benzene rings is 2. The number of para-hydroxylation sites is 3. The molecule has 2 aromatic rings. The zero-order valence-electron chi connectivity index (χ0n) is 21.4. The van der Waals surface area contributed by atoms with E-state index in [-0.39, 0.29) is 0 Å². The van der Waals surface area contributed by atoms with Crippen LogP contribution in [-0.2, 0) is 0 Å². The minimum atomic E-state index is 0.300. The number of rotatable bonds is 3. The Morgan fingerprint density at radius 2 is 1.66 bits per heavy atom. The number of hydrogen-bond acceptors (Lipinski definition) is 3. The van der Waals surface area contributed by atoms with Gasteiger partial charge in [-0.1, -0.05) is 70.2 Å². The second-order valence-electron chi connectivity index (χ2n) is 11.6. The van der Waals surface area contributed by atoms with Gasteiger partial charge in [0.05, 0.1) is 17.1 Å². The summed E-state index contributed by atoms with van der Waals surface area (Å²) in [5, 5.41) is 0.790. The van der Waals surface area contributed by atoms with Gasteiger partial charge in [0.1, 0.15) is 6.17 Å². The van der Waals surface area contributed by atoms with Gasteiger partial charge in [0.2, 0.25) is 0 Å². The van der Waals surface area contributed by atoms with Gasteiger partial charge in [-0.05, 0) is 82.4 Å². The first-order chi connectivity index (χ1) is 17.0. The van der Waals surface area contributed by atoms with Gasteiger partial charge in [0.25, 0.3) is 0 Å². The molecule has 4 atom stereocenters. The smallest absolute Gasteiger partial charge is 0.129 e. The van der Waals surface area contributed by atoms with Crippen molar-refractivity contribution in [3.63, 3.8) is 0 Å². The van der Waals surface area contributed by atoms with Crippen LogP contribution in [0.5, 0.6) is 0 Å². The number of hydrogen-bond donors (Lipinski definition) is 0. The zero-order valence-corrected chi connectivity index (χ0v) is 22.2. The Kier molecular flexibility index (Phi) is 5.03. The lowest BCUT2D eigenvalue weighted by Crippen LogP contribution is -2.40. The minimum absolute atomic E-state index is 0.300. The number of allylic oxidation sites excluding steroid dienone is 3. The molecule has 4 unspecified atom stereocenters. The van der Waals surface area contributed by atoms with Gasteiger partial charge in [0, 0.05) is 17.7 Å². The average Bonchev–Trinajstić information content (AvgIpc) is 3.50. The summed E-state index contributed by atoms with van der Waals surface area (Å²) in [6, 6.07) is 16.1. The second-order valence-corrected chi connectivity index (χ2v) is 12.9. The predicted octanol–water partition coefficient (Wildman–Crippen LogP) is 8.51. The molecule has 1 saturated heterocycles. The molecule has 0 bridgehead atoms. The monoisotopic (exact) mass is 480 g/mol. The lowest BCUT2D eigenvalue weighted by molar-refractivity contribution is 0.435.